The minimum absolute atomic E-state index is 0.0230. The molecule has 32 heavy (non-hydrogen) atoms. The molecule has 5 rings (SSSR count). The second-order valence-corrected chi connectivity index (χ2v) is 7.73. The topological polar surface area (TPSA) is 75.0 Å². The van der Waals surface area contributed by atoms with Gasteiger partial charge in [-0.1, -0.05) is 30.3 Å². The van der Waals surface area contributed by atoms with Crippen LogP contribution in [0.25, 0.3) is 0 Å². The van der Waals surface area contributed by atoms with Gasteiger partial charge in [-0.25, -0.2) is 4.39 Å². The quantitative estimate of drug-likeness (QED) is 0.631. The average Bonchev–Trinajstić information content (AvgIpc) is 2.78. The first-order chi connectivity index (χ1) is 15.4. The Labute approximate surface area is 181 Å². The Morgan fingerprint density at radius 3 is 2.56 bits per heavy atom. The van der Waals surface area contributed by atoms with E-state index in [1.165, 1.54) is 21.8 Å². The molecular weight excluding hydrogens is 420 g/mol. The highest BCUT2D eigenvalue weighted by Crippen LogP contribution is 2.41. The Morgan fingerprint density at radius 2 is 1.81 bits per heavy atom. The Hall–Kier alpha value is -3.88. The number of carbonyl (C=O) groups excluding carboxylic acids is 1. The number of amides is 1. The fraction of sp³-hybridized carbons (Fsp3) is 0.217. The lowest BCUT2D eigenvalue weighted by atomic mass is 9.94. The van der Waals surface area contributed by atoms with E-state index in [1.807, 2.05) is 30.3 Å². The number of hydrogen-bond acceptors (Lipinski definition) is 5. The van der Waals surface area contributed by atoms with E-state index in [4.69, 9.17) is 4.74 Å². The van der Waals surface area contributed by atoms with Gasteiger partial charge in [-0.15, -0.1) is 0 Å². The first-order valence-electron chi connectivity index (χ1n) is 10.1. The zero-order valence-electron chi connectivity index (χ0n) is 17.0. The summed E-state index contributed by atoms with van der Waals surface area (Å²) in [6, 6.07) is 12.0. The maximum Gasteiger partial charge on any atom is 0.277 e. The summed E-state index contributed by atoms with van der Waals surface area (Å²) >= 11 is 0. The van der Waals surface area contributed by atoms with Crippen molar-refractivity contribution in [3.05, 3.63) is 93.4 Å². The molecule has 0 radical (unpaired) electrons. The van der Waals surface area contributed by atoms with E-state index in [9.17, 15) is 23.5 Å². The highest BCUT2D eigenvalue weighted by molar-refractivity contribution is 5.96. The number of rotatable bonds is 1. The number of benzene rings is 2. The number of aromatic nitrogens is 1. The van der Waals surface area contributed by atoms with Crippen LogP contribution in [0, 0.1) is 11.6 Å². The molecule has 2 aliphatic heterocycles. The number of hydrogen-bond donors (Lipinski definition) is 1. The third-order valence-corrected chi connectivity index (χ3v) is 5.96. The predicted molar refractivity (Wildman–Crippen MR) is 111 cm³/mol. The Bertz CT molecular complexity index is 1280. The first kappa shape index (κ1) is 20.0. The molecule has 2 aliphatic rings. The van der Waals surface area contributed by atoms with Gasteiger partial charge in [0.05, 0.1) is 6.61 Å². The van der Waals surface area contributed by atoms with Crippen molar-refractivity contribution in [1.29, 1.82) is 0 Å². The molecule has 7 nitrogen and oxygen atoms in total. The van der Waals surface area contributed by atoms with Crippen molar-refractivity contribution < 1.29 is 23.4 Å². The molecule has 3 heterocycles. The molecule has 164 valence electrons. The minimum atomic E-state index is -1.09. The molecule has 0 spiro atoms. The molecule has 1 N–H and O–H groups in total. The molecule has 2 unspecified atom stereocenters. The molecule has 1 amide bonds. The van der Waals surface area contributed by atoms with Gasteiger partial charge in [0.1, 0.15) is 12.2 Å². The van der Waals surface area contributed by atoms with Gasteiger partial charge in [0.2, 0.25) is 11.2 Å². The van der Waals surface area contributed by atoms with Crippen LogP contribution in [0.3, 0.4) is 0 Å². The normalized spacial score (nSPS) is 19.9. The second kappa shape index (κ2) is 7.37. The molecule has 2 atom stereocenters. The summed E-state index contributed by atoms with van der Waals surface area (Å²) in [5, 5.41) is 12.2. The van der Waals surface area contributed by atoms with Crippen LogP contribution in [0.5, 0.6) is 11.5 Å². The SMILES string of the molecule is CN1C(=O)c2c(O)c(=O)ccn2N2C(c3ccccc3)c3ccc(F)c(F)c3OCCC12. The van der Waals surface area contributed by atoms with Crippen LogP contribution in [0.1, 0.15) is 34.1 Å². The van der Waals surface area contributed by atoms with E-state index in [-0.39, 0.29) is 24.5 Å². The summed E-state index contributed by atoms with van der Waals surface area (Å²) < 4.78 is 35.9. The number of aromatic hydroxyl groups is 1. The van der Waals surface area contributed by atoms with Crippen LogP contribution in [0.15, 0.2) is 59.5 Å². The summed E-state index contributed by atoms with van der Waals surface area (Å²) in [4.78, 5) is 26.6. The lowest BCUT2D eigenvalue weighted by molar-refractivity contribution is 0.0571. The minimum Gasteiger partial charge on any atom is -0.502 e. The molecule has 0 saturated carbocycles. The van der Waals surface area contributed by atoms with Gasteiger partial charge in [-0.2, -0.15) is 4.39 Å². The van der Waals surface area contributed by atoms with E-state index >= 15 is 0 Å². The molecule has 1 aromatic heterocycles. The summed E-state index contributed by atoms with van der Waals surface area (Å²) in [5.41, 5.74) is 0.202. The van der Waals surface area contributed by atoms with E-state index in [2.05, 4.69) is 0 Å². The van der Waals surface area contributed by atoms with Gasteiger partial charge < -0.3 is 14.7 Å². The molecule has 0 aliphatic carbocycles. The maximum absolute atomic E-state index is 14.8. The fourth-order valence-electron chi connectivity index (χ4n) is 4.44. The Kier molecular flexibility index (Phi) is 4.61. The number of fused-ring (bicyclic) bond motifs is 4. The highest BCUT2D eigenvalue weighted by Gasteiger charge is 2.43. The van der Waals surface area contributed by atoms with Gasteiger partial charge in [-0.3, -0.25) is 19.3 Å². The number of nitrogens with zero attached hydrogens (tertiary/aromatic N) is 3. The van der Waals surface area contributed by atoms with E-state index in [0.29, 0.717) is 5.56 Å². The van der Waals surface area contributed by atoms with Crippen LogP contribution in [-0.2, 0) is 0 Å². The second-order valence-electron chi connectivity index (χ2n) is 7.73. The summed E-state index contributed by atoms with van der Waals surface area (Å²) in [7, 11) is 1.57. The molecule has 0 bridgehead atoms. The van der Waals surface area contributed by atoms with Gasteiger partial charge in [0.15, 0.2) is 23.0 Å². The van der Waals surface area contributed by atoms with Crippen LogP contribution < -0.4 is 15.2 Å². The van der Waals surface area contributed by atoms with Crippen molar-refractivity contribution in [2.24, 2.45) is 0 Å². The maximum atomic E-state index is 14.8. The third-order valence-electron chi connectivity index (χ3n) is 5.96. The molecule has 9 heteroatoms. The lowest BCUT2D eigenvalue weighted by Crippen LogP contribution is -2.62. The lowest BCUT2D eigenvalue weighted by Gasteiger charge is -2.49. The number of halogens is 2. The van der Waals surface area contributed by atoms with Gasteiger partial charge in [-0.05, 0) is 17.7 Å². The summed E-state index contributed by atoms with van der Waals surface area (Å²) in [6.45, 7) is 0.0230. The van der Waals surface area contributed by atoms with Crippen molar-refractivity contribution in [2.75, 3.05) is 18.7 Å². The summed E-state index contributed by atoms with van der Waals surface area (Å²) in [5.74, 6) is -3.52. The van der Waals surface area contributed by atoms with E-state index in [1.54, 1.807) is 12.1 Å². The molecule has 2 aromatic carbocycles. The third kappa shape index (κ3) is 2.84. The van der Waals surface area contributed by atoms with Gasteiger partial charge >= 0.3 is 0 Å². The Morgan fingerprint density at radius 1 is 1.06 bits per heavy atom. The largest absolute Gasteiger partial charge is 0.502 e. The van der Waals surface area contributed by atoms with Crippen LogP contribution in [0.4, 0.5) is 8.78 Å². The molecule has 0 saturated heterocycles. The van der Waals surface area contributed by atoms with Crippen molar-refractivity contribution in [2.45, 2.75) is 18.6 Å². The van der Waals surface area contributed by atoms with Crippen molar-refractivity contribution >= 4 is 5.91 Å². The molecule has 0 fully saturated rings. The zero-order chi connectivity index (χ0) is 22.6. The number of pyridine rings is 1. The predicted octanol–water partition coefficient (Wildman–Crippen LogP) is 2.75. The summed E-state index contributed by atoms with van der Waals surface area (Å²) in [6.07, 6.45) is 1.13. The van der Waals surface area contributed by atoms with Crippen molar-refractivity contribution in [3.8, 4) is 11.5 Å². The standard InChI is InChI=1S/C23H19F2N3O4/c1-26-17-10-12-32-22-14(7-8-15(24)18(22)25)19(13-5-3-2-4-6-13)28(17)27-11-9-16(29)21(30)20(27)23(26)31/h2-9,11,17,19,30H,10,12H2,1H3. The van der Waals surface area contributed by atoms with E-state index in [0.717, 1.165) is 17.7 Å². The zero-order valence-corrected chi connectivity index (χ0v) is 17.0. The molecule has 3 aromatic rings. The van der Waals surface area contributed by atoms with Gasteiger partial charge in [0.25, 0.3) is 5.91 Å². The number of carbonyl (C=O) groups is 1. The van der Waals surface area contributed by atoms with Crippen molar-refractivity contribution in [1.82, 2.24) is 9.58 Å². The Balaban J connectivity index is 1.85. The smallest absolute Gasteiger partial charge is 0.277 e. The first-order valence-corrected chi connectivity index (χ1v) is 10.1. The van der Waals surface area contributed by atoms with Gasteiger partial charge in [0, 0.05) is 31.3 Å². The van der Waals surface area contributed by atoms with Crippen LogP contribution in [-0.4, -0.2) is 40.4 Å². The average molecular weight is 439 g/mol. The monoisotopic (exact) mass is 439 g/mol. The number of ether oxygens (including phenoxy) is 1. The van der Waals surface area contributed by atoms with Crippen LogP contribution in [0.2, 0.25) is 0 Å². The van der Waals surface area contributed by atoms with Crippen molar-refractivity contribution in [3.63, 3.8) is 0 Å². The fourth-order valence-corrected chi connectivity index (χ4v) is 4.44. The highest BCUT2D eigenvalue weighted by atomic mass is 19.2. The van der Waals surface area contributed by atoms with E-state index < -0.39 is 40.9 Å². The molecular formula is C23H19F2N3O4. The van der Waals surface area contributed by atoms with Crippen LogP contribution >= 0.6 is 0 Å².